The van der Waals surface area contributed by atoms with E-state index in [1.165, 1.54) is 23.9 Å². The zero-order valence-electron chi connectivity index (χ0n) is 20.8. The summed E-state index contributed by atoms with van der Waals surface area (Å²) >= 11 is 7.71. The topological polar surface area (TPSA) is 126 Å². The maximum atomic E-state index is 11.5. The van der Waals surface area contributed by atoms with Gasteiger partial charge in [-0.05, 0) is 67.3 Å². The highest BCUT2D eigenvalue weighted by molar-refractivity contribution is 7.99. The molecule has 4 rings (SSSR count). The van der Waals surface area contributed by atoms with Crippen LogP contribution in [0.15, 0.2) is 65.8 Å². The van der Waals surface area contributed by atoms with Crippen LogP contribution >= 0.6 is 23.4 Å². The van der Waals surface area contributed by atoms with Gasteiger partial charge < -0.3 is 4.74 Å². The van der Waals surface area contributed by atoms with Crippen molar-refractivity contribution in [3.63, 3.8) is 0 Å². The lowest BCUT2D eigenvalue weighted by molar-refractivity contribution is -0.479. The number of halogens is 1. The molecule has 1 heterocycles. The molecule has 3 aromatic carbocycles. The summed E-state index contributed by atoms with van der Waals surface area (Å²) in [6, 6.07) is 17.1. The van der Waals surface area contributed by atoms with E-state index in [0.29, 0.717) is 27.9 Å². The fourth-order valence-electron chi connectivity index (χ4n) is 3.81. The number of nitro benzene ring substituents is 1. The number of rotatable bonds is 10. The maximum Gasteiger partial charge on any atom is 0.269 e. The van der Waals surface area contributed by atoms with Crippen LogP contribution in [0.4, 0.5) is 5.69 Å². The van der Waals surface area contributed by atoms with Crippen LogP contribution in [0.3, 0.4) is 0 Å². The summed E-state index contributed by atoms with van der Waals surface area (Å²) in [6.07, 6.45) is 0. The third-order valence-corrected chi connectivity index (χ3v) is 7.43. The Kier molecular flexibility index (Phi) is 8.28. The first-order chi connectivity index (χ1) is 18.1. The molecule has 12 heteroatoms. The molecule has 196 valence electrons. The number of hydrogen-bond donors (Lipinski definition) is 0. The van der Waals surface area contributed by atoms with E-state index in [2.05, 4.69) is 10.2 Å². The number of nitrogens with zero attached hydrogens (tertiary/aromatic N) is 5. The zero-order chi connectivity index (χ0) is 27.4. The Morgan fingerprint density at radius 3 is 2.47 bits per heavy atom. The summed E-state index contributed by atoms with van der Waals surface area (Å²) < 4.78 is 7.65. The molecule has 1 aromatic heterocycles. The average Bonchev–Trinajstić information content (AvgIpc) is 3.24. The average molecular weight is 554 g/mol. The third-order valence-electron chi connectivity index (χ3n) is 5.95. The van der Waals surface area contributed by atoms with Gasteiger partial charge in [-0.3, -0.25) is 24.8 Å². The highest BCUT2D eigenvalue weighted by Gasteiger charge is 2.25. The van der Waals surface area contributed by atoms with Crippen LogP contribution in [0.5, 0.6) is 5.75 Å². The second-order valence-electron chi connectivity index (χ2n) is 8.66. The second kappa shape index (κ2) is 11.6. The molecule has 0 bridgehead atoms. The molecule has 0 saturated carbocycles. The second-order valence-corrected chi connectivity index (χ2v) is 10.2. The van der Waals surface area contributed by atoms with Crippen molar-refractivity contribution in [2.45, 2.75) is 37.8 Å². The number of aryl methyl sites for hydroxylation is 3. The van der Waals surface area contributed by atoms with Crippen LogP contribution in [-0.4, -0.2) is 31.2 Å². The van der Waals surface area contributed by atoms with E-state index >= 15 is 0 Å². The number of aromatic nitrogens is 3. The minimum absolute atomic E-state index is 0.0314. The van der Waals surface area contributed by atoms with Gasteiger partial charge in [0.05, 0.1) is 9.95 Å². The van der Waals surface area contributed by atoms with Crippen molar-refractivity contribution < 1.29 is 14.6 Å². The maximum absolute atomic E-state index is 11.5. The lowest BCUT2D eigenvalue weighted by atomic mass is 10.1. The van der Waals surface area contributed by atoms with E-state index in [1.54, 1.807) is 30.3 Å². The molecule has 0 N–H and O–H groups in total. The van der Waals surface area contributed by atoms with E-state index in [-0.39, 0.29) is 28.8 Å². The molecule has 0 aliphatic carbocycles. The van der Waals surface area contributed by atoms with Gasteiger partial charge in [-0.2, -0.15) is 0 Å². The zero-order valence-corrected chi connectivity index (χ0v) is 22.4. The van der Waals surface area contributed by atoms with Gasteiger partial charge in [0.25, 0.3) is 5.69 Å². The van der Waals surface area contributed by atoms with Crippen LogP contribution in [0.1, 0.15) is 33.3 Å². The number of benzene rings is 3. The smallest absolute Gasteiger partial charge is 0.269 e. The van der Waals surface area contributed by atoms with Crippen molar-refractivity contribution in [3.8, 4) is 11.4 Å². The number of thioether (sulfide) groups is 1. The highest BCUT2D eigenvalue weighted by Crippen LogP contribution is 2.39. The Balaban J connectivity index is 1.57. The van der Waals surface area contributed by atoms with Gasteiger partial charge in [0, 0.05) is 22.7 Å². The van der Waals surface area contributed by atoms with Crippen LogP contribution in [-0.2, 0) is 6.61 Å². The Labute approximate surface area is 227 Å². The molecule has 10 nitrogen and oxygen atoms in total. The van der Waals surface area contributed by atoms with Gasteiger partial charge in [-0.25, -0.2) is 0 Å². The van der Waals surface area contributed by atoms with Crippen molar-refractivity contribution in [3.05, 3.63) is 114 Å². The summed E-state index contributed by atoms with van der Waals surface area (Å²) in [5, 5.41) is 31.2. The molecule has 0 amide bonds. The van der Waals surface area contributed by atoms with E-state index in [1.807, 2.05) is 43.5 Å². The Bertz CT molecular complexity index is 1510. The van der Waals surface area contributed by atoms with Gasteiger partial charge in [-0.1, -0.05) is 47.6 Å². The summed E-state index contributed by atoms with van der Waals surface area (Å²) in [7, 11) is 0. The minimum atomic E-state index is -0.595. The van der Waals surface area contributed by atoms with Crippen LogP contribution < -0.4 is 4.74 Å². The molecule has 38 heavy (non-hydrogen) atoms. The molecule has 0 aliphatic rings. The van der Waals surface area contributed by atoms with E-state index in [4.69, 9.17) is 16.3 Å². The first-order valence-electron chi connectivity index (χ1n) is 11.6. The summed E-state index contributed by atoms with van der Waals surface area (Å²) in [5.74, 6) is 1.03. The Morgan fingerprint density at radius 1 is 1.00 bits per heavy atom. The van der Waals surface area contributed by atoms with Gasteiger partial charge in [0.2, 0.25) is 6.54 Å². The molecule has 0 radical (unpaired) electrons. The first-order valence-corrected chi connectivity index (χ1v) is 12.8. The van der Waals surface area contributed by atoms with Crippen LogP contribution in [0.25, 0.3) is 5.69 Å². The van der Waals surface area contributed by atoms with Crippen molar-refractivity contribution in [1.29, 1.82) is 0 Å². The number of nitro groups is 2. The monoisotopic (exact) mass is 553 g/mol. The molecular formula is C26H24ClN5O5S. The van der Waals surface area contributed by atoms with E-state index in [9.17, 15) is 20.2 Å². The van der Waals surface area contributed by atoms with Crippen molar-refractivity contribution >= 4 is 29.1 Å². The van der Waals surface area contributed by atoms with E-state index in [0.717, 1.165) is 16.8 Å². The standard InChI is InChI=1S/C26H24ClN5O5S/c1-16-7-9-21(11-17(16)2)31-18(3)28-29-26(31)38-25(14-30(33)34)20-8-10-24(23(27)13-20)37-15-19-5-4-6-22(12-19)32(35)36/h4-13,25H,14-15H2,1-3H3/t25-/m0/s1. The molecule has 0 saturated heterocycles. The third kappa shape index (κ3) is 6.29. The quantitative estimate of drug-likeness (QED) is 0.125. The summed E-state index contributed by atoms with van der Waals surface area (Å²) in [6.45, 7) is 5.60. The lowest BCUT2D eigenvalue weighted by Gasteiger charge is -2.16. The molecule has 0 aliphatic heterocycles. The predicted octanol–water partition coefficient (Wildman–Crippen LogP) is 6.44. The fraction of sp³-hybridized carbons (Fsp3) is 0.231. The highest BCUT2D eigenvalue weighted by atomic mass is 35.5. The van der Waals surface area contributed by atoms with Crippen molar-refractivity contribution in [1.82, 2.24) is 14.8 Å². The number of ether oxygens (including phenoxy) is 1. The number of hydrogen-bond acceptors (Lipinski definition) is 8. The molecule has 0 fully saturated rings. The molecule has 0 spiro atoms. The number of non-ortho nitro benzene ring substituents is 1. The fourth-order valence-corrected chi connectivity index (χ4v) is 5.22. The minimum Gasteiger partial charge on any atom is -0.487 e. The van der Waals surface area contributed by atoms with Crippen LogP contribution in [0, 0.1) is 41.0 Å². The predicted molar refractivity (Wildman–Crippen MR) is 145 cm³/mol. The van der Waals surface area contributed by atoms with Gasteiger partial charge >= 0.3 is 0 Å². The Morgan fingerprint density at radius 2 is 1.79 bits per heavy atom. The normalized spacial score (nSPS) is 11.8. The molecular weight excluding hydrogens is 530 g/mol. The van der Waals surface area contributed by atoms with Gasteiger partial charge in [-0.15, -0.1) is 10.2 Å². The Hall–Kier alpha value is -3.96. The summed E-state index contributed by atoms with van der Waals surface area (Å²) in [5.41, 5.74) is 4.36. The summed E-state index contributed by atoms with van der Waals surface area (Å²) in [4.78, 5) is 21.7. The van der Waals surface area contributed by atoms with Crippen LogP contribution in [0.2, 0.25) is 5.02 Å². The molecule has 4 aromatic rings. The molecule has 0 unspecified atom stereocenters. The van der Waals surface area contributed by atoms with E-state index < -0.39 is 10.2 Å². The first kappa shape index (κ1) is 27.1. The molecule has 1 atom stereocenters. The van der Waals surface area contributed by atoms with Gasteiger partial charge in [0.1, 0.15) is 23.4 Å². The SMILES string of the molecule is Cc1ccc(-n2c(C)nnc2S[C@@H](C[N+](=O)[O-])c2ccc(OCc3cccc([N+](=O)[O-])c3)c(Cl)c2)cc1C. The van der Waals surface area contributed by atoms with Crippen molar-refractivity contribution in [2.24, 2.45) is 0 Å². The van der Waals surface area contributed by atoms with Gasteiger partial charge in [0.15, 0.2) is 5.16 Å². The largest absolute Gasteiger partial charge is 0.487 e. The van der Waals surface area contributed by atoms with Crippen molar-refractivity contribution in [2.75, 3.05) is 6.54 Å². The lowest BCUT2D eigenvalue weighted by Crippen LogP contribution is -2.11.